The van der Waals surface area contributed by atoms with Crippen LogP contribution in [-0.4, -0.2) is 26.6 Å². The van der Waals surface area contributed by atoms with E-state index in [-0.39, 0.29) is 41.3 Å². The molecule has 28 heavy (non-hydrogen) atoms. The molecule has 1 aliphatic heterocycles. The van der Waals surface area contributed by atoms with Gasteiger partial charge in [0.15, 0.2) is 29.5 Å². The number of hydrogen-bond acceptors (Lipinski definition) is 3. The van der Waals surface area contributed by atoms with Gasteiger partial charge in [-0.1, -0.05) is 31.5 Å². The summed E-state index contributed by atoms with van der Waals surface area (Å²) in [5, 5.41) is 0. The van der Waals surface area contributed by atoms with E-state index >= 15 is 0 Å². The van der Waals surface area contributed by atoms with Gasteiger partial charge in [-0.25, -0.2) is 13.2 Å². The van der Waals surface area contributed by atoms with E-state index in [4.69, 9.17) is 14.2 Å². The van der Waals surface area contributed by atoms with E-state index < -0.39 is 17.5 Å². The molecule has 2 aromatic rings. The SMILES string of the molecule is CCCCOc1ccc(-c2ccc(C3CCC(OC)OC3)c(F)c2F)cc1F. The van der Waals surface area contributed by atoms with E-state index in [0.29, 0.717) is 19.4 Å². The molecule has 1 fully saturated rings. The lowest BCUT2D eigenvalue weighted by Gasteiger charge is -2.28. The van der Waals surface area contributed by atoms with Crippen molar-refractivity contribution in [3.8, 4) is 16.9 Å². The number of rotatable bonds is 7. The normalized spacial score (nSPS) is 19.6. The van der Waals surface area contributed by atoms with Gasteiger partial charge in [0.1, 0.15) is 0 Å². The molecule has 0 aliphatic carbocycles. The van der Waals surface area contributed by atoms with Crippen molar-refractivity contribution >= 4 is 0 Å². The molecule has 0 bridgehead atoms. The maximum atomic E-state index is 14.7. The number of ether oxygens (including phenoxy) is 3. The molecule has 0 amide bonds. The lowest BCUT2D eigenvalue weighted by Crippen LogP contribution is -2.26. The molecule has 0 spiro atoms. The fourth-order valence-corrected chi connectivity index (χ4v) is 3.37. The molecule has 0 radical (unpaired) electrons. The van der Waals surface area contributed by atoms with Gasteiger partial charge >= 0.3 is 0 Å². The molecule has 2 unspecified atom stereocenters. The summed E-state index contributed by atoms with van der Waals surface area (Å²) in [6.07, 6.45) is 2.72. The Hall–Kier alpha value is -2.05. The van der Waals surface area contributed by atoms with Gasteiger partial charge in [0.2, 0.25) is 0 Å². The zero-order valence-corrected chi connectivity index (χ0v) is 16.1. The van der Waals surface area contributed by atoms with Crippen LogP contribution in [0.3, 0.4) is 0 Å². The summed E-state index contributed by atoms with van der Waals surface area (Å²) >= 11 is 0. The number of hydrogen-bond donors (Lipinski definition) is 0. The summed E-state index contributed by atoms with van der Waals surface area (Å²) in [5.41, 5.74) is 0.560. The highest BCUT2D eigenvalue weighted by molar-refractivity contribution is 5.66. The van der Waals surface area contributed by atoms with Gasteiger partial charge in [-0.15, -0.1) is 0 Å². The Kier molecular flexibility index (Phi) is 6.97. The second-order valence-corrected chi connectivity index (χ2v) is 6.95. The Morgan fingerprint density at radius 1 is 1.07 bits per heavy atom. The molecule has 3 nitrogen and oxygen atoms in total. The van der Waals surface area contributed by atoms with Crippen LogP contribution in [0.5, 0.6) is 5.75 Å². The van der Waals surface area contributed by atoms with E-state index in [1.54, 1.807) is 13.2 Å². The van der Waals surface area contributed by atoms with Crippen molar-refractivity contribution in [3.63, 3.8) is 0 Å². The summed E-state index contributed by atoms with van der Waals surface area (Å²) in [4.78, 5) is 0. The standard InChI is InChI=1S/C22H25F3O3/c1-3-4-11-27-19-9-5-14(12-18(19)23)16-7-8-17(22(25)21(16)24)15-6-10-20(26-2)28-13-15/h5,7-9,12,15,20H,3-4,6,10-11,13H2,1-2H3. The Morgan fingerprint density at radius 3 is 2.54 bits per heavy atom. The summed E-state index contributed by atoms with van der Waals surface area (Å²) in [7, 11) is 1.55. The molecule has 2 aromatic carbocycles. The van der Waals surface area contributed by atoms with E-state index in [2.05, 4.69) is 0 Å². The first-order valence-electron chi connectivity index (χ1n) is 9.60. The van der Waals surface area contributed by atoms with Crippen LogP contribution >= 0.6 is 0 Å². The first-order chi connectivity index (χ1) is 13.5. The average molecular weight is 394 g/mol. The van der Waals surface area contributed by atoms with E-state index in [1.165, 1.54) is 24.3 Å². The Labute approximate surface area is 163 Å². The highest BCUT2D eigenvalue weighted by atomic mass is 19.2. The highest BCUT2D eigenvalue weighted by Gasteiger charge is 2.27. The molecule has 0 aromatic heterocycles. The summed E-state index contributed by atoms with van der Waals surface area (Å²) in [5.74, 6) is -2.61. The van der Waals surface area contributed by atoms with E-state index in [1.807, 2.05) is 6.92 Å². The summed E-state index contributed by atoms with van der Waals surface area (Å²) in [6, 6.07) is 7.20. The molecule has 6 heteroatoms. The smallest absolute Gasteiger partial charge is 0.166 e. The highest BCUT2D eigenvalue weighted by Crippen LogP contribution is 2.35. The second kappa shape index (κ2) is 9.43. The predicted octanol–water partition coefficient (Wildman–Crippen LogP) is 5.82. The van der Waals surface area contributed by atoms with Gasteiger partial charge in [0.05, 0.1) is 13.2 Å². The van der Waals surface area contributed by atoms with Crippen molar-refractivity contribution in [3.05, 3.63) is 53.3 Å². The molecule has 0 saturated carbocycles. The Bertz CT molecular complexity index is 802. The predicted molar refractivity (Wildman–Crippen MR) is 101 cm³/mol. The monoisotopic (exact) mass is 394 g/mol. The number of halogens is 3. The Morgan fingerprint density at radius 2 is 1.89 bits per heavy atom. The minimum atomic E-state index is -0.981. The maximum Gasteiger partial charge on any atom is 0.166 e. The number of methoxy groups -OCH3 is 1. The molecular weight excluding hydrogens is 369 g/mol. The van der Waals surface area contributed by atoms with Crippen LogP contribution in [0.15, 0.2) is 30.3 Å². The van der Waals surface area contributed by atoms with Crippen molar-refractivity contribution < 1.29 is 27.4 Å². The fourth-order valence-electron chi connectivity index (χ4n) is 3.37. The third kappa shape index (κ3) is 4.50. The fraction of sp³-hybridized carbons (Fsp3) is 0.455. The average Bonchev–Trinajstić information content (AvgIpc) is 2.71. The van der Waals surface area contributed by atoms with E-state index in [9.17, 15) is 13.2 Å². The zero-order chi connectivity index (χ0) is 20.1. The molecule has 1 aliphatic rings. The van der Waals surface area contributed by atoms with Crippen molar-refractivity contribution in [2.24, 2.45) is 0 Å². The summed E-state index contributed by atoms with van der Waals surface area (Å²) in [6.45, 7) is 2.70. The molecule has 1 heterocycles. The van der Waals surface area contributed by atoms with Crippen molar-refractivity contribution in [1.29, 1.82) is 0 Å². The van der Waals surface area contributed by atoms with Gasteiger partial charge in [-0.2, -0.15) is 0 Å². The van der Waals surface area contributed by atoms with Crippen LogP contribution in [0, 0.1) is 17.5 Å². The van der Waals surface area contributed by atoms with Gasteiger partial charge in [-0.3, -0.25) is 0 Å². The van der Waals surface area contributed by atoms with Crippen LogP contribution in [0.25, 0.3) is 11.1 Å². The minimum absolute atomic E-state index is 0.0201. The third-order valence-electron chi connectivity index (χ3n) is 5.05. The van der Waals surface area contributed by atoms with E-state index in [0.717, 1.165) is 12.8 Å². The van der Waals surface area contributed by atoms with Crippen LogP contribution in [0.2, 0.25) is 0 Å². The lowest BCUT2D eigenvalue weighted by atomic mass is 9.90. The van der Waals surface area contributed by atoms with Gasteiger partial charge in [0.25, 0.3) is 0 Å². The first kappa shape index (κ1) is 20.7. The van der Waals surface area contributed by atoms with Crippen LogP contribution in [0.4, 0.5) is 13.2 Å². The maximum absolute atomic E-state index is 14.7. The number of unbranched alkanes of at least 4 members (excludes halogenated alkanes) is 1. The molecule has 0 N–H and O–H groups in total. The van der Waals surface area contributed by atoms with Crippen molar-refractivity contribution in [2.45, 2.75) is 44.8 Å². The topological polar surface area (TPSA) is 27.7 Å². The number of benzene rings is 2. The second-order valence-electron chi connectivity index (χ2n) is 6.95. The molecule has 2 atom stereocenters. The van der Waals surface area contributed by atoms with Gasteiger partial charge in [0, 0.05) is 18.6 Å². The first-order valence-corrected chi connectivity index (χ1v) is 9.60. The van der Waals surface area contributed by atoms with Crippen LogP contribution < -0.4 is 4.74 Å². The zero-order valence-electron chi connectivity index (χ0n) is 16.1. The molecule has 152 valence electrons. The van der Waals surface area contributed by atoms with Crippen molar-refractivity contribution in [2.75, 3.05) is 20.3 Å². The largest absolute Gasteiger partial charge is 0.491 e. The quantitative estimate of drug-likeness (QED) is 0.554. The third-order valence-corrected chi connectivity index (χ3v) is 5.05. The molecule has 3 rings (SSSR count). The van der Waals surface area contributed by atoms with Crippen LogP contribution in [0.1, 0.15) is 44.1 Å². The Balaban J connectivity index is 1.80. The lowest BCUT2D eigenvalue weighted by molar-refractivity contribution is -0.151. The molecular formula is C22H25F3O3. The molecule has 1 saturated heterocycles. The van der Waals surface area contributed by atoms with Gasteiger partial charge in [-0.05, 0) is 42.5 Å². The summed E-state index contributed by atoms with van der Waals surface area (Å²) < 4.78 is 59.7. The van der Waals surface area contributed by atoms with Gasteiger partial charge < -0.3 is 14.2 Å². The van der Waals surface area contributed by atoms with Crippen LogP contribution in [-0.2, 0) is 9.47 Å². The minimum Gasteiger partial charge on any atom is -0.491 e. The van der Waals surface area contributed by atoms with Crippen molar-refractivity contribution in [1.82, 2.24) is 0 Å².